The van der Waals surface area contributed by atoms with Gasteiger partial charge in [0.1, 0.15) is 48.8 Å². The topological polar surface area (TPSA) is 222 Å². The van der Waals surface area contributed by atoms with E-state index in [0.29, 0.717) is 0 Å². The van der Waals surface area contributed by atoms with Crippen LogP contribution in [0.3, 0.4) is 0 Å². The molecule has 0 aromatic carbocycles. The van der Waals surface area contributed by atoms with Gasteiger partial charge in [0.05, 0.1) is 13.2 Å². The SMILES string of the molecule is CO[C@@H]1O[C@H](CO)[C@@H](O)[C@H](O[C@@H]2O[C@H](COS(=O)(=O)O)[C@@H](O)[C@H](O)[C@H]2O)[C@H]1O. The standard InChI is InChI=1S/C13H24O14S/c1-23-12-10(19)11(7(16)4(2-14)25-12)27-13-9(18)8(17)6(15)5(26-13)3-24-28(20,21)22/h4-19H,2-3H2,1H3,(H,20,21,22)/t4-,5-,6-,7-,8+,9-,10-,11+,12-,13+/m1/s1. The van der Waals surface area contributed by atoms with Crippen molar-refractivity contribution in [2.75, 3.05) is 20.3 Å². The molecule has 0 aromatic rings. The van der Waals surface area contributed by atoms with Crippen molar-refractivity contribution in [1.29, 1.82) is 0 Å². The van der Waals surface area contributed by atoms with Crippen molar-refractivity contribution in [2.24, 2.45) is 0 Å². The van der Waals surface area contributed by atoms with Gasteiger partial charge in [-0.1, -0.05) is 0 Å². The van der Waals surface area contributed by atoms with Gasteiger partial charge in [-0.15, -0.1) is 0 Å². The zero-order valence-corrected chi connectivity index (χ0v) is 15.4. The monoisotopic (exact) mass is 436 g/mol. The van der Waals surface area contributed by atoms with Crippen molar-refractivity contribution in [3.63, 3.8) is 0 Å². The molecular weight excluding hydrogens is 412 g/mol. The Kier molecular flexibility index (Phi) is 8.07. The van der Waals surface area contributed by atoms with Crippen LogP contribution in [0, 0.1) is 0 Å². The normalized spacial score (nSPS) is 45.1. The number of ether oxygens (including phenoxy) is 4. The van der Waals surface area contributed by atoms with Gasteiger partial charge in [-0.25, -0.2) is 4.18 Å². The van der Waals surface area contributed by atoms with E-state index < -0.39 is 85.0 Å². The van der Waals surface area contributed by atoms with Gasteiger partial charge >= 0.3 is 10.4 Å². The number of aliphatic hydroxyl groups is 6. The predicted octanol–water partition coefficient (Wildman–Crippen LogP) is -4.92. The van der Waals surface area contributed by atoms with Crippen LogP contribution in [0.15, 0.2) is 0 Å². The third kappa shape index (κ3) is 5.33. The molecule has 2 aliphatic rings. The summed E-state index contributed by atoms with van der Waals surface area (Å²) < 4.78 is 54.6. The van der Waals surface area contributed by atoms with Crippen LogP contribution in [-0.4, -0.2) is 125 Å². The smallest absolute Gasteiger partial charge is 0.394 e. The molecule has 0 aliphatic carbocycles. The highest BCUT2D eigenvalue weighted by atomic mass is 32.3. The fourth-order valence-electron chi connectivity index (χ4n) is 2.88. The molecule has 0 unspecified atom stereocenters. The van der Waals surface area contributed by atoms with Crippen LogP contribution in [0.4, 0.5) is 0 Å². The summed E-state index contributed by atoms with van der Waals surface area (Å²) in [5.74, 6) is 0. The lowest BCUT2D eigenvalue weighted by Crippen LogP contribution is -2.64. The number of hydrogen-bond acceptors (Lipinski definition) is 13. The van der Waals surface area contributed by atoms with Gasteiger partial charge in [0.15, 0.2) is 12.6 Å². The van der Waals surface area contributed by atoms with Crippen LogP contribution in [0.2, 0.25) is 0 Å². The van der Waals surface area contributed by atoms with E-state index in [1.54, 1.807) is 0 Å². The lowest BCUT2D eigenvalue weighted by molar-refractivity contribution is -0.357. The van der Waals surface area contributed by atoms with E-state index in [0.717, 1.165) is 0 Å². The fraction of sp³-hybridized carbons (Fsp3) is 1.00. The summed E-state index contributed by atoms with van der Waals surface area (Å²) >= 11 is 0. The molecule has 28 heavy (non-hydrogen) atoms. The summed E-state index contributed by atoms with van der Waals surface area (Å²) in [5.41, 5.74) is 0. The Morgan fingerprint density at radius 3 is 2.00 bits per heavy atom. The second kappa shape index (κ2) is 9.52. The predicted molar refractivity (Wildman–Crippen MR) is 83.8 cm³/mol. The molecule has 2 fully saturated rings. The third-order valence-corrected chi connectivity index (χ3v) is 4.83. The molecule has 2 aliphatic heterocycles. The molecular formula is C13H24O14S. The van der Waals surface area contributed by atoms with Crippen LogP contribution in [-0.2, 0) is 33.5 Å². The summed E-state index contributed by atoms with van der Waals surface area (Å²) in [7, 11) is -3.69. The van der Waals surface area contributed by atoms with Gasteiger partial charge in [-0.3, -0.25) is 4.55 Å². The lowest BCUT2D eigenvalue weighted by Gasteiger charge is -2.45. The first-order chi connectivity index (χ1) is 13.0. The van der Waals surface area contributed by atoms with Gasteiger partial charge in [-0.05, 0) is 0 Å². The minimum absolute atomic E-state index is 0.659. The molecule has 14 nitrogen and oxygen atoms in total. The quantitative estimate of drug-likeness (QED) is 0.186. The van der Waals surface area contributed by atoms with Crippen LogP contribution < -0.4 is 0 Å². The summed E-state index contributed by atoms with van der Waals surface area (Å²) in [6.07, 6.45) is -16.1. The van der Waals surface area contributed by atoms with Crippen LogP contribution >= 0.6 is 0 Å². The van der Waals surface area contributed by atoms with E-state index in [2.05, 4.69) is 4.18 Å². The van der Waals surface area contributed by atoms with E-state index in [1.807, 2.05) is 0 Å². The zero-order chi connectivity index (χ0) is 21.2. The fourth-order valence-corrected chi connectivity index (χ4v) is 3.19. The Hall–Kier alpha value is -0.530. The van der Waals surface area contributed by atoms with Crippen LogP contribution in [0.25, 0.3) is 0 Å². The molecule has 0 aromatic heterocycles. The molecule has 0 bridgehead atoms. The van der Waals surface area contributed by atoms with Crippen molar-refractivity contribution in [3.8, 4) is 0 Å². The van der Waals surface area contributed by atoms with E-state index in [1.165, 1.54) is 7.11 Å². The molecule has 166 valence electrons. The van der Waals surface area contributed by atoms with E-state index >= 15 is 0 Å². The van der Waals surface area contributed by atoms with Crippen LogP contribution in [0.1, 0.15) is 0 Å². The maximum Gasteiger partial charge on any atom is 0.397 e. The van der Waals surface area contributed by atoms with Gasteiger partial charge < -0.3 is 49.6 Å². The first-order valence-corrected chi connectivity index (χ1v) is 9.48. The van der Waals surface area contributed by atoms with E-state index in [4.69, 9.17) is 23.5 Å². The number of rotatable bonds is 7. The van der Waals surface area contributed by atoms with Crippen molar-refractivity contribution < 1.29 is 66.7 Å². The third-order valence-electron chi connectivity index (χ3n) is 4.40. The summed E-state index contributed by atoms with van der Waals surface area (Å²) in [6.45, 7) is -1.59. The number of hydrogen-bond donors (Lipinski definition) is 7. The summed E-state index contributed by atoms with van der Waals surface area (Å²) in [4.78, 5) is 0. The maximum absolute atomic E-state index is 10.7. The van der Waals surface area contributed by atoms with Crippen molar-refractivity contribution in [2.45, 2.75) is 61.4 Å². The Labute approximate surface area is 159 Å². The average Bonchev–Trinajstić information content (AvgIpc) is 2.63. The maximum atomic E-state index is 10.7. The Balaban J connectivity index is 2.14. The van der Waals surface area contributed by atoms with Gasteiger partial charge in [0, 0.05) is 7.11 Å². The molecule has 10 atom stereocenters. The van der Waals surface area contributed by atoms with E-state index in [-0.39, 0.29) is 0 Å². The summed E-state index contributed by atoms with van der Waals surface area (Å²) in [6, 6.07) is 0. The van der Waals surface area contributed by atoms with Gasteiger partial charge in [-0.2, -0.15) is 8.42 Å². The second-order valence-electron chi connectivity index (χ2n) is 6.27. The average molecular weight is 436 g/mol. The minimum Gasteiger partial charge on any atom is -0.394 e. The molecule has 7 N–H and O–H groups in total. The Morgan fingerprint density at radius 2 is 1.46 bits per heavy atom. The van der Waals surface area contributed by atoms with Gasteiger partial charge in [0.25, 0.3) is 0 Å². The molecule has 2 saturated heterocycles. The van der Waals surface area contributed by atoms with Crippen LogP contribution in [0.5, 0.6) is 0 Å². The highest BCUT2D eigenvalue weighted by molar-refractivity contribution is 7.80. The first kappa shape index (κ1) is 23.7. The number of methoxy groups -OCH3 is 1. The summed E-state index contributed by atoms with van der Waals surface area (Å²) in [5, 5.41) is 59.6. The minimum atomic E-state index is -4.88. The molecule has 15 heteroatoms. The second-order valence-corrected chi connectivity index (χ2v) is 7.36. The van der Waals surface area contributed by atoms with Crippen molar-refractivity contribution in [1.82, 2.24) is 0 Å². The van der Waals surface area contributed by atoms with Crippen molar-refractivity contribution >= 4 is 10.4 Å². The zero-order valence-electron chi connectivity index (χ0n) is 14.6. The molecule has 0 radical (unpaired) electrons. The van der Waals surface area contributed by atoms with Crippen molar-refractivity contribution in [3.05, 3.63) is 0 Å². The number of aliphatic hydroxyl groups excluding tert-OH is 6. The Morgan fingerprint density at radius 1 is 0.857 bits per heavy atom. The molecule has 2 heterocycles. The highest BCUT2D eigenvalue weighted by Gasteiger charge is 2.50. The molecule has 0 saturated carbocycles. The molecule has 2 rings (SSSR count). The molecule has 0 amide bonds. The largest absolute Gasteiger partial charge is 0.397 e. The van der Waals surface area contributed by atoms with E-state index in [9.17, 15) is 39.1 Å². The highest BCUT2D eigenvalue weighted by Crippen LogP contribution is 2.29. The Bertz CT molecular complexity index is 584. The molecule has 0 spiro atoms. The lowest BCUT2D eigenvalue weighted by atomic mass is 9.97. The first-order valence-electron chi connectivity index (χ1n) is 8.12. The van der Waals surface area contributed by atoms with Gasteiger partial charge in [0.2, 0.25) is 0 Å².